The Morgan fingerprint density at radius 3 is 2.78 bits per heavy atom. The lowest BCUT2D eigenvalue weighted by Gasteiger charge is -2.03. The van der Waals surface area contributed by atoms with Crippen LogP contribution in [0.5, 0.6) is 0 Å². The minimum Gasteiger partial charge on any atom is -0.312 e. The van der Waals surface area contributed by atoms with E-state index >= 15 is 0 Å². The van der Waals surface area contributed by atoms with E-state index in [1.54, 1.807) is 10.9 Å². The lowest BCUT2D eigenvalue weighted by Crippen LogP contribution is -2.16. The first-order valence-electron chi connectivity index (χ1n) is 6.20. The van der Waals surface area contributed by atoms with Crippen LogP contribution in [0.15, 0.2) is 42.7 Å². The summed E-state index contributed by atoms with van der Waals surface area (Å²) in [5.74, 6) is 0. The van der Waals surface area contributed by atoms with Crippen molar-refractivity contribution in [2.75, 3.05) is 13.2 Å². The van der Waals surface area contributed by atoms with Crippen LogP contribution in [-0.4, -0.2) is 23.0 Å². The highest BCUT2D eigenvalue weighted by Gasteiger charge is 1.98. The van der Waals surface area contributed by atoms with Gasteiger partial charge in [0.15, 0.2) is 0 Å². The Bertz CT molecular complexity index is 453. The molecule has 0 atom stereocenters. The van der Waals surface area contributed by atoms with Crippen LogP contribution in [0.3, 0.4) is 0 Å². The molecule has 0 aliphatic rings. The van der Waals surface area contributed by atoms with Crippen LogP contribution in [-0.2, 0) is 19.5 Å². The van der Waals surface area contributed by atoms with Crippen molar-refractivity contribution < 1.29 is 4.39 Å². The topological polar surface area (TPSA) is 29.9 Å². The zero-order valence-electron chi connectivity index (χ0n) is 10.3. The van der Waals surface area contributed by atoms with E-state index < -0.39 is 0 Å². The number of nitrogens with one attached hydrogen (secondary N) is 1. The molecular weight excluding hydrogens is 229 g/mol. The number of hydrogen-bond donors (Lipinski definition) is 1. The summed E-state index contributed by atoms with van der Waals surface area (Å²) in [5, 5.41) is 7.44. The first-order valence-corrected chi connectivity index (χ1v) is 6.20. The summed E-state index contributed by atoms with van der Waals surface area (Å²) in [5.41, 5.74) is 2.43. The highest BCUT2D eigenvalue weighted by molar-refractivity contribution is 5.14. The predicted molar refractivity (Wildman–Crippen MR) is 70.1 cm³/mol. The number of alkyl halides is 1. The van der Waals surface area contributed by atoms with Gasteiger partial charge in [0.2, 0.25) is 0 Å². The van der Waals surface area contributed by atoms with E-state index in [-0.39, 0.29) is 6.67 Å². The Balaban J connectivity index is 1.68. The number of rotatable bonds is 7. The van der Waals surface area contributed by atoms with Gasteiger partial charge >= 0.3 is 0 Å². The Hall–Kier alpha value is -1.68. The van der Waals surface area contributed by atoms with Gasteiger partial charge in [-0.3, -0.25) is 4.68 Å². The van der Waals surface area contributed by atoms with Gasteiger partial charge in [0.05, 0.1) is 12.7 Å². The van der Waals surface area contributed by atoms with E-state index in [2.05, 4.69) is 34.7 Å². The molecule has 1 aromatic carbocycles. The highest BCUT2D eigenvalue weighted by atomic mass is 19.1. The Labute approximate surface area is 107 Å². The third kappa shape index (κ3) is 3.96. The summed E-state index contributed by atoms with van der Waals surface area (Å²) in [6.45, 7) is 1.67. The number of hydrogen-bond acceptors (Lipinski definition) is 2. The van der Waals surface area contributed by atoms with Gasteiger partial charge in [0, 0.05) is 18.3 Å². The van der Waals surface area contributed by atoms with Crippen molar-refractivity contribution in [3.05, 3.63) is 53.9 Å². The normalized spacial score (nSPS) is 10.7. The third-order valence-electron chi connectivity index (χ3n) is 2.76. The van der Waals surface area contributed by atoms with Crippen LogP contribution in [0.4, 0.5) is 4.39 Å². The molecule has 0 amide bonds. The van der Waals surface area contributed by atoms with E-state index in [1.807, 2.05) is 12.3 Å². The number of nitrogens with zero attached hydrogens (tertiary/aromatic N) is 2. The molecule has 0 saturated carbocycles. The average Bonchev–Trinajstić information content (AvgIpc) is 2.84. The molecule has 2 rings (SSSR count). The van der Waals surface area contributed by atoms with E-state index in [9.17, 15) is 4.39 Å². The Morgan fingerprint density at radius 2 is 2.00 bits per heavy atom. The molecule has 0 spiro atoms. The zero-order valence-corrected chi connectivity index (χ0v) is 10.3. The van der Waals surface area contributed by atoms with Crippen LogP contribution < -0.4 is 5.32 Å². The summed E-state index contributed by atoms with van der Waals surface area (Å²) in [6.07, 6.45) is 4.68. The van der Waals surface area contributed by atoms with E-state index in [1.165, 1.54) is 5.56 Å². The molecule has 0 aliphatic carbocycles. The van der Waals surface area contributed by atoms with Crippen molar-refractivity contribution in [3.8, 4) is 0 Å². The second-order valence-corrected chi connectivity index (χ2v) is 4.21. The molecule has 0 aliphatic heterocycles. The summed E-state index contributed by atoms with van der Waals surface area (Å²) >= 11 is 0. The smallest absolute Gasteiger partial charge is 0.109 e. The standard InChI is InChI=1S/C14H18FN3/c15-7-9-18-12-14(11-17-18)10-16-8-6-13-4-2-1-3-5-13/h1-5,11-12,16H,6-10H2. The molecule has 4 heteroatoms. The monoisotopic (exact) mass is 247 g/mol. The second kappa shape index (κ2) is 6.91. The summed E-state index contributed by atoms with van der Waals surface area (Å²) < 4.78 is 13.7. The summed E-state index contributed by atoms with van der Waals surface area (Å²) in [7, 11) is 0. The molecule has 18 heavy (non-hydrogen) atoms. The fourth-order valence-corrected chi connectivity index (χ4v) is 1.82. The van der Waals surface area contributed by atoms with Crippen molar-refractivity contribution in [3.63, 3.8) is 0 Å². The van der Waals surface area contributed by atoms with Crippen LogP contribution >= 0.6 is 0 Å². The molecular formula is C14H18FN3. The number of aromatic nitrogens is 2. The number of aryl methyl sites for hydroxylation is 1. The quantitative estimate of drug-likeness (QED) is 0.760. The summed E-state index contributed by atoms with van der Waals surface area (Å²) in [4.78, 5) is 0. The van der Waals surface area contributed by atoms with Crippen LogP contribution in [0, 0.1) is 0 Å². The fraction of sp³-hybridized carbons (Fsp3) is 0.357. The van der Waals surface area contributed by atoms with E-state index in [0.717, 1.165) is 25.1 Å². The molecule has 2 aromatic rings. The molecule has 0 saturated heterocycles. The van der Waals surface area contributed by atoms with Gasteiger partial charge in [0.1, 0.15) is 6.67 Å². The molecule has 1 N–H and O–H groups in total. The third-order valence-corrected chi connectivity index (χ3v) is 2.76. The maximum atomic E-state index is 12.1. The molecule has 1 aromatic heterocycles. The van der Waals surface area contributed by atoms with Gasteiger partial charge in [-0.05, 0) is 18.5 Å². The van der Waals surface area contributed by atoms with Crippen molar-refractivity contribution in [2.24, 2.45) is 0 Å². The first kappa shape index (κ1) is 12.8. The summed E-state index contributed by atoms with van der Waals surface area (Å²) in [6, 6.07) is 10.4. The fourth-order valence-electron chi connectivity index (χ4n) is 1.82. The van der Waals surface area contributed by atoms with Crippen molar-refractivity contribution >= 4 is 0 Å². The van der Waals surface area contributed by atoms with Crippen molar-refractivity contribution in [2.45, 2.75) is 19.5 Å². The van der Waals surface area contributed by atoms with Crippen LogP contribution in [0.1, 0.15) is 11.1 Å². The molecule has 3 nitrogen and oxygen atoms in total. The predicted octanol–water partition coefficient (Wildman–Crippen LogP) is 2.18. The number of halogens is 1. The second-order valence-electron chi connectivity index (χ2n) is 4.21. The van der Waals surface area contributed by atoms with Gasteiger partial charge in [-0.15, -0.1) is 0 Å². The van der Waals surface area contributed by atoms with Crippen LogP contribution in [0.2, 0.25) is 0 Å². The lowest BCUT2D eigenvalue weighted by atomic mass is 10.1. The molecule has 1 heterocycles. The van der Waals surface area contributed by atoms with Gasteiger partial charge in [-0.25, -0.2) is 4.39 Å². The minimum atomic E-state index is -0.372. The van der Waals surface area contributed by atoms with Crippen molar-refractivity contribution in [1.29, 1.82) is 0 Å². The SMILES string of the molecule is FCCn1cc(CNCCc2ccccc2)cn1. The van der Waals surface area contributed by atoms with Crippen molar-refractivity contribution in [1.82, 2.24) is 15.1 Å². The minimum absolute atomic E-state index is 0.337. The van der Waals surface area contributed by atoms with Gasteiger partial charge < -0.3 is 5.32 Å². The average molecular weight is 247 g/mol. The molecule has 0 radical (unpaired) electrons. The maximum Gasteiger partial charge on any atom is 0.109 e. The number of benzene rings is 1. The molecule has 0 fully saturated rings. The Kier molecular flexibility index (Phi) is 4.90. The van der Waals surface area contributed by atoms with E-state index in [0.29, 0.717) is 6.54 Å². The van der Waals surface area contributed by atoms with Gasteiger partial charge in [0.25, 0.3) is 0 Å². The molecule has 96 valence electrons. The van der Waals surface area contributed by atoms with Gasteiger partial charge in [-0.1, -0.05) is 30.3 Å². The largest absolute Gasteiger partial charge is 0.312 e. The molecule has 0 bridgehead atoms. The van der Waals surface area contributed by atoms with Gasteiger partial charge in [-0.2, -0.15) is 5.10 Å². The molecule has 0 unspecified atom stereocenters. The maximum absolute atomic E-state index is 12.1. The first-order chi connectivity index (χ1) is 8.88. The van der Waals surface area contributed by atoms with E-state index in [4.69, 9.17) is 0 Å². The van der Waals surface area contributed by atoms with Crippen LogP contribution in [0.25, 0.3) is 0 Å². The highest BCUT2D eigenvalue weighted by Crippen LogP contribution is 2.00. The zero-order chi connectivity index (χ0) is 12.6. The Morgan fingerprint density at radius 1 is 1.17 bits per heavy atom. The lowest BCUT2D eigenvalue weighted by molar-refractivity contribution is 0.427.